The highest BCUT2D eigenvalue weighted by Crippen LogP contribution is 2.35. The lowest BCUT2D eigenvalue weighted by Crippen LogP contribution is -2.20. The van der Waals surface area contributed by atoms with Crippen molar-refractivity contribution in [2.24, 2.45) is 5.73 Å². The number of hydrogen-bond acceptors (Lipinski definition) is 3. The van der Waals surface area contributed by atoms with Gasteiger partial charge in [-0.2, -0.15) is 0 Å². The first-order valence-corrected chi connectivity index (χ1v) is 6.29. The molecule has 0 spiro atoms. The largest absolute Gasteiger partial charge is 0.466 e. The smallest absolute Gasteiger partial charge is 0.135 e. The minimum absolute atomic E-state index is 0.173. The highest BCUT2D eigenvalue weighted by atomic mass is 35.5. The highest BCUT2D eigenvalue weighted by Gasteiger charge is 2.27. The van der Waals surface area contributed by atoms with Crippen LogP contribution in [0.15, 0.2) is 34.9 Å². The van der Waals surface area contributed by atoms with Crippen LogP contribution in [0.1, 0.15) is 28.9 Å². The standard InChI is InChI=1S/C14H15ClFNO2/c1-8-4-5-19-14(8)13(18)11(7-17)10-3-2-9(16)6-12(10)15/h2-6,11,13,18H,7,17H2,1H3. The van der Waals surface area contributed by atoms with Crippen LogP contribution in [0.5, 0.6) is 0 Å². The zero-order chi connectivity index (χ0) is 14.0. The second kappa shape index (κ2) is 5.74. The van der Waals surface area contributed by atoms with Crippen molar-refractivity contribution in [1.29, 1.82) is 0 Å². The van der Waals surface area contributed by atoms with Gasteiger partial charge in [0, 0.05) is 17.5 Å². The predicted molar refractivity (Wildman–Crippen MR) is 71.6 cm³/mol. The summed E-state index contributed by atoms with van der Waals surface area (Å²) in [5.41, 5.74) is 7.16. The van der Waals surface area contributed by atoms with Crippen LogP contribution >= 0.6 is 11.6 Å². The molecular formula is C14H15ClFNO2. The van der Waals surface area contributed by atoms with E-state index in [1.807, 2.05) is 6.92 Å². The van der Waals surface area contributed by atoms with Crippen molar-refractivity contribution < 1.29 is 13.9 Å². The number of hydrogen-bond donors (Lipinski definition) is 2. The van der Waals surface area contributed by atoms with Gasteiger partial charge in [-0.1, -0.05) is 17.7 Å². The lowest BCUT2D eigenvalue weighted by molar-refractivity contribution is 0.121. The third-order valence-corrected chi connectivity index (χ3v) is 3.49. The van der Waals surface area contributed by atoms with E-state index in [1.165, 1.54) is 24.5 Å². The van der Waals surface area contributed by atoms with Gasteiger partial charge in [0.1, 0.15) is 17.7 Å². The van der Waals surface area contributed by atoms with E-state index >= 15 is 0 Å². The molecule has 2 unspecified atom stereocenters. The van der Waals surface area contributed by atoms with Crippen LogP contribution in [-0.4, -0.2) is 11.7 Å². The fourth-order valence-corrected chi connectivity index (χ4v) is 2.41. The molecule has 0 fully saturated rings. The lowest BCUT2D eigenvalue weighted by Gasteiger charge is -2.22. The van der Waals surface area contributed by atoms with Gasteiger partial charge in [-0.15, -0.1) is 0 Å². The van der Waals surface area contributed by atoms with Crippen molar-refractivity contribution in [1.82, 2.24) is 0 Å². The Hall–Kier alpha value is -1.36. The molecule has 5 heteroatoms. The summed E-state index contributed by atoms with van der Waals surface area (Å²) in [6.45, 7) is 2.01. The topological polar surface area (TPSA) is 59.4 Å². The molecule has 0 radical (unpaired) electrons. The van der Waals surface area contributed by atoms with Gasteiger partial charge in [0.25, 0.3) is 0 Å². The summed E-state index contributed by atoms with van der Waals surface area (Å²) in [6, 6.07) is 5.81. The van der Waals surface area contributed by atoms with Crippen LogP contribution in [0.2, 0.25) is 5.02 Å². The minimum atomic E-state index is -0.914. The summed E-state index contributed by atoms with van der Waals surface area (Å²) in [4.78, 5) is 0. The van der Waals surface area contributed by atoms with E-state index in [1.54, 1.807) is 6.07 Å². The molecule has 0 saturated heterocycles. The summed E-state index contributed by atoms with van der Waals surface area (Å²) in [6.07, 6.45) is 0.594. The second-order valence-electron chi connectivity index (χ2n) is 4.42. The van der Waals surface area contributed by atoms with Gasteiger partial charge in [-0.05, 0) is 36.2 Å². The monoisotopic (exact) mass is 283 g/mol. The van der Waals surface area contributed by atoms with Crippen LogP contribution in [0.4, 0.5) is 4.39 Å². The molecule has 0 amide bonds. The number of aliphatic hydroxyl groups excluding tert-OH is 1. The van der Waals surface area contributed by atoms with Crippen LogP contribution in [0.3, 0.4) is 0 Å². The molecule has 1 heterocycles. The lowest BCUT2D eigenvalue weighted by atomic mass is 9.91. The van der Waals surface area contributed by atoms with Gasteiger partial charge in [0.05, 0.1) is 6.26 Å². The fourth-order valence-electron chi connectivity index (χ4n) is 2.10. The molecule has 3 nitrogen and oxygen atoms in total. The van der Waals surface area contributed by atoms with Crippen LogP contribution in [-0.2, 0) is 0 Å². The van der Waals surface area contributed by atoms with Crippen molar-refractivity contribution in [3.8, 4) is 0 Å². The number of nitrogens with two attached hydrogens (primary N) is 1. The third-order valence-electron chi connectivity index (χ3n) is 3.17. The molecule has 1 aromatic carbocycles. The molecule has 0 aliphatic heterocycles. The summed E-state index contributed by atoms with van der Waals surface area (Å²) in [7, 11) is 0. The summed E-state index contributed by atoms with van der Waals surface area (Å²) in [5.74, 6) is -0.415. The average molecular weight is 284 g/mol. The molecule has 0 aliphatic carbocycles. The number of benzene rings is 1. The number of rotatable bonds is 4. The van der Waals surface area contributed by atoms with Crippen molar-refractivity contribution in [3.05, 3.63) is 58.3 Å². The summed E-state index contributed by atoms with van der Waals surface area (Å²) in [5, 5.41) is 10.6. The predicted octanol–water partition coefficient (Wildman–Crippen LogP) is 3.16. The number of halogens is 2. The van der Waals surface area contributed by atoms with E-state index in [4.69, 9.17) is 21.8 Å². The molecule has 1 aromatic heterocycles. The van der Waals surface area contributed by atoms with E-state index in [0.717, 1.165) is 5.56 Å². The zero-order valence-electron chi connectivity index (χ0n) is 10.4. The SMILES string of the molecule is Cc1ccoc1C(O)C(CN)c1ccc(F)cc1Cl. The molecule has 19 heavy (non-hydrogen) atoms. The van der Waals surface area contributed by atoms with Gasteiger partial charge in [-0.3, -0.25) is 0 Å². The van der Waals surface area contributed by atoms with Crippen LogP contribution < -0.4 is 5.73 Å². The summed E-state index contributed by atoms with van der Waals surface area (Å²) < 4.78 is 18.3. The first-order valence-electron chi connectivity index (χ1n) is 5.91. The van der Waals surface area contributed by atoms with E-state index in [9.17, 15) is 9.50 Å². The van der Waals surface area contributed by atoms with E-state index in [-0.39, 0.29) is 11.6 Å². The Balaban J connectivity index is 2.37. The molecule has 2 aromatic rings. The molecule has 3 N–H and O–H groups in total. The minimum Gasteiger partial charge on any atom is -0.466 e. The van der Waals surface area contributed by atoms with E-state index in [2.05, 4.69) is 0 Å². The number of aliphatic hydroxyl groups is 1. The van der Waals surface area contributed by atoms with Crippen molar-refractivity contribution in [2.75, 3.05) is 6.54 Å². The second-order valence-corrected chi connectivity index (χ2v) is 4.83. The van der Waals surface area contributed by atoms with Crippen LogP contribution in [0.25, 0.3) is 0 Å². The average Bonchev–Trinajstić information content (AvgIpc) is 2.78. The molecular weight excluding hydrogens is 269 g/mol. The maximum atomic E-state index is 13.1. The fraction of sp³-hybridized carbons (Fsp3) is 0.286. The number of aryl methyl sites for hydroxylation is 1. The Morgan fingerprint density at radius 2 is 2.16 bits per heavy atom. The Kier molecular flexibility index (Phi) is 4.24. The number of furan rings is 1. The molecule has 102 valence electrons. The normalized spacial score (nSPS) is 14.4. The van der Waals surface area contributed by atoms with Crippen LogP contribution in [0, 0.1) is 12.7 Å². The highest BCUT2D eigenvalue weighted by molar-refractivity contribution is 6.31. The van der Waals surface area contributed by atoms with Crippen molar-refractivity contribution in [2.45, 2.75) is 18.9 Å². The van der Waals surface area contributed by atoms with Gasteiger partial charge in [0.2, 0.25) is 0 Å². The Labute approximate surface area is 115 Å². The van der Waals surface area contributed by atoms with Crippen molar-refractivity contribution in [3.63, 3.8) is 0 Å². The quantitative estimate of drug-likeness (QED) is 0.906. The molecule has 0 bridgehead atoms. The van der Waals surface area contributed by atoms with Crippen molar-refractivity contribution >= 4 is 11.6 Å². The maximum absolute atomic E-state index is 13.1. The van der Waals surface area contributed by atoms with Gasteiger partial charge >= 0.3 is 0 Å². The third kappa shape index (κ3) is 2.81. The summed E-state index contributed by atoms with van der Waals surface area (Å²) >= 11 is 6.01. The van der Waals surface area contributed by atoms with Gasteiger partial charge < -0.3 is 15.3 Å². The zero-order valence-corrected chi connectivity index (χ0v) is 11.2. The van der Waals surface area contributed by atoms with E-state index < -0.39 is 17.8 Å². The first-order chi connectivity index (χ1) is 9.04. The molecule has 0 saturated carbocycles. The molecule has 2 rings (SSSR count). The van der Waals surface area contributed by atoms with Gasteiger partial charge in [0.15, 0.2) is 0 Å². The molecule has 2 atom stereocenters. The Bertz CT molecular complexity index is 570. The Morgan fingerprint density at radius 3 is 2.68 bits per heavy atom. The van der Waals surface area contributed by atoms with E-state index in [0.29, 0.717) is 11.3 Å². The molecule has 0 aliphatic rings. The van der Waals surface area contributed by atoms with Gasteiger partial charge in [-0.25, -0.2) is 4.39 Å². The first kappa shape index (κ1) is 14.1. The maximum Gasteiger partial charge on any atom is 0.135 e. The Morgan fingerprint density at radius 1 is 1.42 bits per heavy atom.